The van der Waals surface area contributed by atoms with Crippen molar-refractivity contribution in [3.8, 4) is 0 Å². The molecule has 0 unspecified atom stereocenters. The van der Waals surface area contributed by atoms with Gasteiger partial charge in [0.25, 0.3) is 5.91 Å². The van der Waals surface area contributed by atoms with Crippen LogP contribution in [0.25, 0.3) is 0 Å². The molecule has 33 heavy (non-hydrogen) atoms. The van der Waals surface area contributed by atoms with Gasteiger partial charge in [0, 0.05) is 23.6 Å². The highest BCUT2D eigenvalue weighted by Crippen LogP contribution is 2.22. The number of hydrogen-bond donors (Lipinski definition) is 2. The van der Waals surface area contributed by atoms with Gasteiger partial charge in [-0.15, -0.1) is 0 Å². The number of hydrogen-bond acceptors (Lipinski definition) is 5. The van der Waals surface area contributed by atoms with Crippen molar-refractivity contribution in [2.24, 2.45) is 4.99 Å². The van der Waals surface area contributed by atoms with Gasteiger partial charge in [0.2, 0.25) is 5.96 Å². The highest BCUT2D eigenvalue weighted by atomic mass is 16.5. The summed E-state index contributed by atoms with van der Waals surface area (Å²) in [6.45, 7) is 6.68. The summed E-state index contributed by atoms with van der Waals surface area (Å²) in [5.41, 5.74) is 3.52. The molecule has 0 saturated heterocycles. The number of nitrogens with zero attached hydrogens (tertiary/aromatic N) is 2. The molecular weight excluding hydrogens is 416 g/mol. The molecule has 1 heterocycles. The molecule has 1 amide bonds. The number of methoxy groups -OCH3 is 1. The van der Waals surface area contributed by atoms with E-state index >= 15 is 0 Å². The minimum absolute atomic E-state index is 0.00243. The van der Waals surface area contributed by atoms with E-state index in [9.17, 15) is 9.59 Å². The van der Waals surface area contributed by atoms with Gasteiger partial charge in [0.05, 0.1) is 19.2 Å². The predicted octanol–water partition coefficient (Wildman–Crippen LogP) is 4.56. The number of aliphatic imine (C=N–C) groups is 1. The van der Waals surface area contributed by atoms with Crippen LogP contribution in [0.2, 0.25) is 0 Å². The van der Waals surface area contributed by atoms with E-state index in [2.05, 4.69) is 41.4 Å². The lowest BCUT2D eigenvalue weighted by molar-refractivity contribution is 0.0600. The number of nitrogens with one attached hydrogen (secondary N) is 2. The second-order valence-corrected chi connectivity index (χ2v) is 8.50. The molecule has 0 radical (unpaired) electrons. The van der Waals surface area contributed by atoms with Crippen molar-refractivity contribution >= 4 is 23.5 Å². The first kappa shape index (κ1) is 23.7. The molecule has 2 aromatic carbocycles. The van der Waals surface area contributed by atoms with Crippen LogP contribution in [0, 0.1) is 0 Å². The molecule has 0 aliphatic carbocycles. The summed E-state index contributed by atoms with van der Waals surface area (Å²) in [6.07, 6.45) is 3.40. The van der Waals surface area contributed by atoms with Crippen molar-refractivity contribution in [3.05, 3.63) is 95.3 Å². The van der Waals surface area contributed by atoms with Crippen LogP contribution in [0.5, 0.6) is 0 Å². The number of ether oxygens (including phenoxy) is 1. The van der Waals surface area contributed by atoms with Gasteiger partial charge in [-0.25, -0.2) is 9.79 Å². The zero-order valence-corrected chi connectivity index (χ0v) is 19.3. The topological polar surface area (TPSA) is 92.7 Å². The molecule has 0 bridgehead atoms. The Morgan fingerprint density at radius 2 is 1.76 bits per heavy atom. The van der Waals surface area contributed by atoms with E-state index < -0.39 is 5.97 Å². The molecule has 7 heteroatoms. The average molecular weight is 445 g/mol. The lowest BCUT2D eigenvalue weighted by atomic mass is 9.87. The van der Waals surface area contributed by atoms with Crippen molar-refractivity contribution in [2.75, 3.05) is 12.4 Å². The molecule has 0 aliphatic rings. The van der Waals surface area contributed by atoms with Gasteiger partial charge in [-0.1, -0.05) is 45.0 Å². The number of benzene rings is 2. The number of esters is 1. The Bertz CT molecular complexity index is 1130. The van der Waals surface area contributed by atoms with Crippen molar-refractivity contribution in [1.29, 1.82) is 0 Å². The Kier molecular flexibility index (Phi) is 7.56. The van der Waals surface area contributed by atoms with E-state index in [-0.39, 0.29) is 17.3 Å². The van der Waals surface area contributed by atoms with Gasteiger partial charge in [0.15, 0.2) is 0 Å². The second-order valence-electron chi connectivity index (χ2n) is 8.50. The fraction of sp³-hybridized carbons (Fsp3) is 0.231. The molecule has 0 fully saturated rings. The van der Waals surface area contributed by atoms with Gasteiger partial charge in [0.1, 0.15) is 0 Å². The average Bonchev–Trinajstić information content (AvgIpc) is 2.82. The molecule has 2 N–H and O–H groups in total. The number of amides is 1. The zero-order valence-electron chi connectivity index (χ0n) is 19.3. The summed E-state index contributed by atoms with van der Waals surface area (Å²) in [6, 6.07) is 18.0. The van der Waals surface area contributed by atoms with E-state index in [0.717, 1.165) is 11.1 Å². The third kappa shape index (κ3) is 6.74. The minimum Gasteiger partial charge on any atom is -0.465 e. The summed E-state index contributed by atoms with van der Waals surface area (Å²) < 4.78 is 4.78. The summed E-state index contributed by atoms with van der Waals surface area (Å²) in [4.78, 5) is 33.4. The highest BCUT2D eigenvalue weighted by Gasteiger charge is 2.15. The van der Waals surface area contributed by atoms with Crippen molar-refractivity contribution < 1.29 is 14.3 Å². The first-order valence-electron chi connectivity index (χ1n) is 10.6. The van der Waals surface area contributed by atoms with Gasteiger partial charge in [-0.3, -0.25) is 15.1 Å². The predicted molar refractivity (Wildman–Crippen MR) is 129 cm³/mol. The Labute approximate surface area is 193 Å². The number of guanidine groups is 1. The molecule has 0 saturated carbocycles. The second kappa shape index (κ2) is 10.5. The van der Waals surface area contributed by atoms with Crippen molar-refractivity contribution in [2.45, 2.75) is 32.7 Å². The van der Waals surface area contributed by atoms with Crippen LogP contribution in [-0.4, -0.2) is 29.9 Å². The first-order chi connectivity index (χ1) is 15.8. The van der Waals surface area contributed by atoms with Crippen LogP contribution < -0.4 is 10.6 Å². The summed E-state index contributed by atoms with van der Waals surface area (Å²) in [7, 11) is 1.33. The van der Waals surface area contributed by atoms with E-state index in [0.29, 0.717) is 23.4 Å². The van der Waals surface area contributed by atoms with Gasteiger partial charge in [-0.2, -0.15) is 0 Å². The Hall–Kier alpha value is -4.00. The number of aromatic nitrogens is 1. The number of carbonyl (C=O) groups excluding carboxylic acids is 2. The number of rotatable bonds is 5. The normalized spacial score (nSPS) is 11.6. The summed E-state index contributed by atoms with van der Waals surface area (Å²) in [5, 5.41) is 5.93. The maximum Gasteiger partial charge on any atom is 0.337 e. The van der Waals surface area contributed by atoms with Crippen molar-refractivity contribution in [1.82, 2.24) is 10.3 Å². The van der Waals surface area contributed by atoms with E-state index in [4.69, 9.17) is 4.74 Å². The van der Waals surface area contributed by atoms with Gasteiger partial charge >= 0.3 is 5.97 Å². The SMILES string of the molecule is COC(=O)c1cccc(NC(=NCc2cccnc2)NC(=O)c2ccc(C(C)(C)C)cc2)c1. The highest BCUT2D eigenvalue weighted by molar-refractivity contribution is 6.10. The van der Waals surface area contributed by atoms with Crippen LogP contribution in [0.15, 0.2) is 78.0 Å². The van der Waals surface area contributed by atoms with E-state index in [1.807, 2.05) is 24.3 Å². The lowest BCUT2D eigenvalue weighted by Gasteiger charge is -2.19. The molecule has 0 aliphatic heterocycles. The lowest BCUT2D eigenvalue weighted by Crippen LogP contribution is -2.36. The maximum atomic E-state index is 12.9. The van der Waals surface area contributed by atoms with E-state index in [1.54, 1.807) is 48.8 Å². The Morgan fingerprint density at radius 1 is 1.00 bits per heavy atom. The Balaban J connectivity index is 1.82. The van der Waals surface area contributed by atoms with Crippen LogP contribution in [0.4, 0.5) is 5.69 Å². The fourth-order valence-corrected chi connectivity index (χ4v) is 3.05. The molecule has 1 aromatic heterocycles. The quantitative estimate of drug-likeness (QED) is 0.342. The summed E-state index contributed by atoms with van der Waals surface area (Å²) >= 11 is 0. The molecule has 170 valence electrons. The standard InChI is InChI=1S/C26H28N4O3/c1-26(2,3)21-12-10-19(11-13-21)23(31)30-25(28-17-18-7-6-14-27-16-18)29-22-9-5-8-20(15-22)24(32)33-4/h5-16H,17H2,1-4H3,(H2,28,29,30,31). The zero-order chi connectivity index (χ0) is 23.8. The number of anilines is 1. The monoisotopic (exact) mass is 444 g/mol. The van der Waals surface area contributed by atoms with Crippen LogP contribution in [0.1, 0.15) is 52.6 Å². The largest absolute Gasteiger partial charge is 0.465 e. The third-order valence-electron chi connectivity index (χ3n) is 4.93. The molecule has 0 spiro atoms. The number of pyridine rings is 1. The minimum atomic E-state index is -0.449. The molecule has 0 atom stereocenters. The third-order valence-corrected chi connectivity index (χ3v) is 4.93. The Morgan fingerprint density at radius 3 is 2.39 bits per heavy atom. The van der Waals surface area contributed by atoms with Crippen molar-refractivity contribution in [3.63, 3.8) is 0 Å². The van der Waals surface area contributed by atoms with Crippen LogP contribution in [0.3, 0.4) is 0 Å². The fourth-order valence-electron chi connectivity index (χ4n) is 3.05. The number of carbonyl (C=O) groups is 2. The van der Waals surface area contributed by atoms with Gasteiger partial charge < -0.3 is 10.1 Å². The molecular formula is C26H28N4O3. The molecule has 3 rings (SSSR count). The summed E-state index contributed by atoms with van der Waals surface area (Å²) in [5.74, 6) is -0.488. The smallest absolute Gasteiger partial charge is 0.337 e. The molecule has 3 aromatic rings. The van der Waals surface area contributed by atoms with E-state index in [1.165, 1.54) is 7.11 Å². The maximum absolute atomic E-state index is 12.9. The molecule has 7 nitrogen and oxygen atoms in total. The first-order valence-corrected chi connectivity index (χ1v) is 10.6. The van der Waals surface area contributed by atoms with Crippen LogP contribution >= 0.6 is 0 Å². The van der Waals surface area contributed by atoms with Crippen LogP contribution in [-0.2, 0) is 16.7 Å². The van der Waals surface area contributed by atoms with Gasteiger partial charge in [-0.05, 0) is 52.9 Å².